The molecule has 0 radical (unpaired) electrons. The van der Waals surface area contributed by atoms with Gasteiger partial charge in [-0.05, 0) is 35.8 Å². The van der Waals surface area contributed by atoms with Crippen molar-refractivity contribution in [3.05, 3.63) is 71.8 Å². The number of rotatable bonds is 8. The van der Waals surface area contributed by atoms with E-state index < -0.39 is 24.2 Å². The standard InChI is InChI=1S/C32H44N4O4/c1-21(2)17-27-29(37)33-26(20-24-15-11-8-12-16-24)32(40)36(6)28(18-22(3)4)30(38)34-25(31(39)35(27)5)19-23-13-9-7-10-14-23/h7-16,21-22,25-28H,17-20H2,1-6H3,(H,33,37)(H,34,38). The first-order valence-electron chi connectivity index (χ1n) is 14.2. The van der Waals surface area contributed by atoms with Gasteiger partial charge in [0.2, 0.25) is 23.6 Å². The highest BCUT2D eigenvalue weighted by Crippen LogP contribution is 2.19. The first-order chi connectivity index (χ1) is 19.0. The fourth-order valence-corrected chi connectivity index (χ4v) is 5.21. The average molecular weight is 549 g/mol. The summed E-state index contributed by atoms with van der Waals surface area (Å²) in [5.41, 5.74) is 1.78. The van der Waals surface area contributed by atoms with Crippen LogP contribution in [0.3, 0.4) is 0 Å². The summed E-state index contributed by atoms with van der Waals surface area (Å²) in [5.74, 6) is -1.20. The third-order valence-electron chi connectivity index (χ3n) is 7.42. The van der Waals surface area contributed by atoms with Crippen molar-refractivity contribution in [3.8, 4) is 0 Å². The predicted molar refractivity (Wildman–Crippen MR) is 156 cm³/mol. The summed E-state index contributed by atoms with van der Waals surface area (Å²) >= 11 is 0. The Morgan fingerprint density at radius 1 is 0.600 bits per heavy atom. The summed E-state index contributed by atoms with van der Waals surface area (Å²) in [7, 11) is 3.22. The minimum Gasteiger partial charge on any atom is -0.342 e. The van der Waals surface area contributed by atoms with Gasteiger partial charge in [0.1, 0.15) is 24.2 Å². The molecule has 0 bridgehead atoms. The van der Waals surface area contributed by atoms with Gasteiger partial charge in [0.05, 0.1) is 0 Å². The van der Waals surface area contributed by atoms with Crippen molar-refractivity contribution in [2.24, 2.45) is 11.8 Å². The molecule has 3 rings (SSSR count). The minimum atomic E-state index is -0.889. The lowest BCUT2D eigenvalue weighted by Gasteiger charge is -2.37. The number of nitrogens with zero attached hydrogens (tertiary/aromatic N) is 2. The number of hydrogen-bond acceptors (Lipinski definition) is 4. The lowest BCUT2D eigenvalue weighted by atomic mass is 9.96. The van der Waals surface area contributed by atoms with Crippen molar-refractivity contribution < 1.29 is 19.2 Å². The van der Waals surface area contributed by atoms with E-state index in [-0.39, 0.29) is 48.3 Å². The Kier molecular flexibility index (Phi) is 10.9. The lowest BCUT2D eigenvalue weighted by molar-refractivity contribution is -0.148. The van der Waals surface area contributed by atoms with E-state index in [0.717, 1.165) is 11.1 Å². The van der Waals surface area contributed by atoms with Crippen LogP contribution in [-0.4, -0.2) is 71.7 Å². The lowest BCUT2D eigenvalue weighted by Crippen LogP contribution is -2.62. The molecular weight excluding hydrogens is 504 g/mol. The van der Waals surface area contributed by atoms with E-state index in [9.17, 15) is 19.2 Å². The molecule has 1 fully saturated rings. The van der Waals surface area contributed by atoms with Crippen LogP contribution in [0.2, 0.25) is 0 Å². The Morgan fingerprint density at radius 2 is 0.925 bits per heavy atom. The van der Waals surface area contributed by atoms with E-state index in [1.54, 1.807) is 14.1 Å². The van der Waals surface area contributed by atoms with Crippen LogP contribution in [0.25, 0.3) is 0 Å². The molecule has 4 amide bonds. The van der Waals surface area contributed by atoms with Gasteiger partial charge in [-0.15, -0.1) is 0 Å². The summed E-state index contributed by atoms with van der Waals surface area (Å²) in [6.07, 6.45) is 1.37. The molecule has 40 heavy (non-hydrogen) atoms. The van der Waals surface area contributed by atoms with Crippen LogP contribution < -0.4 is 10.6 Å². The molecular formula is C32H44N4O4. The van der Waals surface area contributed by atoms with Crippen LogP contribution in [0.5, 0.6) is 0 Å². The zero-order chi connectivity index (χ0) is 29.4. The van der Waals surface area contributed by atoms with E-state index in [2.05, 4.69) is 10.6 Å². The second-order valence-corrected chi connectivity index (χ2v) is 11.7. The number of likely N-dealkylation sites (N-methyl/N-ethyl adjacent to an activating group) is 2. The Bertz CT molecular complexity index is 1060. The van der Waals surface area contributed by atoms with Crippen LogP contribution >= 0.6 is 0 Å². The van der Waals surface area contributed by atoms with Crippen molar-refractivity contribution in [1.29, 1.82) is 0 Å². The van der Waals surface area contributed by atoms with Gasteiger partial charge in [0.25, 0.3) is 0 Å². The highest BCUT2D eigenvalue weighted by molar-refractivity contribution is 5.97. The summed E-state index contributed by atoms with van der Waals surface area (Å²) in [4.78, 5) is 58.4. The van der Waals surface area contributed by atoms with E-state index in [1.165, 1.54) is 9.80 Å². The normalized spacial score (nSPS) is 23.1. The monoisotopic (exact) mass is 548 g/mol. The molecule has 8 heteroatoms. The first kappa shape index (κ1) is 30.9. The van der Waals surface area contributed by atoms with E-state index in [0.29, 0.717) is 12.8 Å². The SMILES string of the molecule is CC(C)CC1C(=O)NC(Cc2ccccc2)C(=O)N(C)C(CC(C)C)C(=O)NC(Cc2ccccc2)C(=O)N1C. The van der Waals surface area contributed by atoms with Gasteiger partial charge >= 0.3 is 0 Å². The van der Waals surface area contributed by atoms with Gasteiger partial charge in [-0.1, -0.05) is 88.4 Å². The van der Waals surface area contributed by atoms with Gasteiger partial charge in [-0.25, -0.2) is 0 Å². The van der Waals surface area contributed by atoms with Crippen LogP contribution in [0.15, 0.2) is 60.7 Å². The molecule has 0 aromatic heterocycles. The van der Waals surface area contributed by atoms with Crippen LogP contribution in [0.4, 0.5) is 0 Å². The minimum absolute atomic E-state index is 0.113. The summed E-state index contributed by atoms with van der Waals surface area (Å²) < 4.78 is 0. The van der Waals surface area contributed by atoms with E-state index in [1.807, 2.05) is 88.4 Å². The molecule has 2 aromatic carbocycles. The highest BCUT2D eigenvalue weighted by Gasteiger charge is 2.39. The topological polar surface area (TPSA) is 98.8 Å². The molecule has 0 aliphatic carbocycles. The Labute approximate surface area is 238 Å². The number of carbonyl (C=O) groups excluding carboxylic acids is 4. The fraction of sp³-hybridized carbons (Fsp3) is 0.500. The van der Waals surface area contributed by atoms with Gasteiger partial charge in [-0.3, -0.25) is 19.2 Å². The third-order valence-corrected chi connectivity index (χ3v) is 7.42. The second kappa shape index (κ2) is 14.1. The molecule has 4 atom stereocenters. The summed E-state index contributed by atoms with van der Waals surface area (Å²) in [5, 5.41) is 5.93. The largest absolute Gasteiger partial charge is 0.342 e. The first-order valence-corrected chi connectivity index (χ1v) is 14.2. The number of benzene rings is 2. The van der Waals surface area contributed by atoms with Crippen molar-refractivity contribution in [1.82, 2.24) is 20.4 Å². The Balaban J connectivity index is 2.06. The molecule has 1 aliphatic rings. The van der Waals surface area contributed by atoms with E-state index in [4.69, 9.17) is 0 Å². The molecule has 0 spiro atoms. The molecule has 1 aliphatic heterocycles. The smallest absolute Gasteiger partial charge is 0.245 e. The average Bonchev–Trinajstić information content (AvgIpc) is 2.92. The number of carbonyl (C=O) groups is 4. The van der Waals surface area contributed by atoms with Crippen molar-refractivity contribution >= 4 is 23.6 Å². The maximum atomic E-state index is 13.9. The zero-order valence-corrected chi connectivity index (χ0v) is 24.6. The summed E-state index contributed by atoms with van der Waals surface area (Å²) in [6, 6.07) is 15.6. The molecule has 2 aromatic rings. The number of amides is 4. The van der Waals surface area contributed by atoms with Gasteiger partial charge in [0.15, 0.2) is 0 Å². The zero-order valence-electron chi connectivity index (χ0n) is 24.6. The van der Waals surface area contributed by atoms with Crippen molar-refractivity contribution in [2.75, 3.05) is 14.1 Å². The van der Waals surface area contributed by atoms with Crippen LogP contribution in [0.1, 0.15) is 51.7 Å². The molecule has 4 unspecified atom stereocenters. The Morgan fingerprint density at radius 3 is 1.23 bits per heavy atom. The van der Waals surface area contributed by atoms with Gasteiger partial charge < -0.3 is 20.4 Å². The van der Waals surface area contributed by atoms with Crippen molar-refractivity contribution in [3.63, 3.8) is 0 Å². The molecule has 0 saturated carbocycles. The summed E-state index contributed by atoms with van der Waals surface area (Å²) in [6.45, 7) is 7.95. The highest BCUT2D eigenvalue weighted by atomic mass is 16.2. The predicted octanol–water partition coefficient (Wildman–Crippen LogP) is 3.20. The molecule has 216 valence electrons. The van der Waals surface area contributed by atoms with Gasteiger partial charge in [0, 0.05) is 26.9 Å². The Hall–Kier alpha value is -3.68. The molecule has 8 nitrogen and oxygen atoms in total. The van der Waals surface area contributed by atoms with Crippen LogP contribution in [-0.2, 0) is 32.0 Å². The fourth-order valence-electron chi connectivity index (χ4n) is 5.21. The maximum Gasteiger partial charge on any atom is 0.245 e. The number of nitrogens with one attached hydrogen (secondary N) is 2. The molecule has 2 N–H and O–H groups in total. The van der Waals surface area contributed by atoms with Crippen molar-refractivity contribution in [2.45, 2.75) is 77.5 Å². The van der Waals surface area contributed by atoms with Gasteiger partial charge in [-0.2, -0.15) is 0 Å². The molecule has 1 saturated heterocycles. The van der Waals surface area contributed by atoms with E-state index >= 15 is 0 Å². The van der Waals surface area contributed by atoms with Crippen LogP contribution in [0, 0.1) is 11.8 Å². The third kappa shape index (κ3) is 8.16. The second-order valence-electron chi connectivity index (χ2n) is 11.7. The molecule has 1 heterocycles. The quantitative estimate of drug-likeness (QED) is 0.529. The number of hydrogen-bond donors (Lipinski definition) is 2. The maximum absolute atomic E-state index is 13.9.